The first-order valence-electron chi connectivity index (χ1n) is 3.73. The molecule has 68 valence electrons. The highest BCUT2D eigenvalue weighted by molar-refractivity contribution is 6.13. The molecule has 0 heterocycles. The summed E-state index contributed by atoms with van der Waals surface area (Å²) in [6, 6.07) is 10.6. The maximum atomic E-state index is 5.45. The van der Waals surface area contributed by atoms with Gasteiger partial charge >= 0.3 is 0 Å². The standard InChI is InChI=1S/C9H12ClN.ClH/c1-8(11-10)7-9-5-3-2-4-6-9;/h2-6,8,11H,7H2,1H3;1H. The minimum atomic E-state index is 0. The van der Waals surface area contributed by atoms with Gasteiger partial charge in [0.15, 0.2) is 0 Å². The number of halogens is 2. The summed E-state index contributed by atoms with van der Waals surface area (Å²) in [5.74, 6) is 0. The van der Waals surface area contributed by atoms with Gasteiger partial charge in [-0.05, 0) is 30.7 Å². The zero-order valence-electron chi connectivity index (χ0n) is 6.96. The molecule has 0 aromatic heterocycles. The molecule has 0 radical (unpaired) electrons. The molecule has 1 N–H and O–H groups in total. The molecule has 0 aliphatic carbocycles. The first-order valence-corrected chi connectivity index (χ1v) is 4.11. The van der Waals surface area contributed by atoms with Gasteiger partial charge in [-0.2, -0.15) is 0 Å². The predicted molar refractivity (Wildman–Crippen MR) is 55.8 cm³/mol. The van der Waals surface area contributed by atoms with Crippen LogP contribution < -0.4 is 4.84 Å². The lowest BCUT2D eigenvalue weighted by atomic mass is 10.1. The third kappa shape index (κ3) is 3.96. The molecule has 1 unspecified atom stereocenters. The van der Waals surface area contributed by atoms with Crippen LogP contribution in [-0.2, 0) is 6.42 Å². The smallest absolute Gasteiger partial charge is 0.0233 e. The van der Waals surface area contributed by atoms with Gasteiger partial charge < -0.3 is 0 Å². The van der Waals surface area contributed by atoms with Crippen molar-refractivity contribution in [2.75, 3.05) is 0 Å². The van der Waals surface area contributed by atoms with Crippen LogP contribution >= 0.6 is 24.2 Å². The average Bonchev–Trinajstić information content (AvgIpc) is 2.06. The van der Waals surface area contributed by atoms with Crippen LogP contribution in [0.1, 0.15) is 12.5 Å². The molecule has 3 heteroatoms. The first kappa shape index (κ1) is 11.8. The Morgan fingerprint density at radius 3 is 2.42 bits per heavy atom. The highest BCUT2D eigenvalue weighted by atomic mass is 35.5. The van der Waals surface area contributed by atoms with Crippen LogP contribution in [0, 0.1) is 0 Å². The molecule has 12 heavy (non-hydrogen) atoms. The second kappa shape index (κ2) is 6.30. The predicted octanol–water partition coefficient (Wildman–Crippen LogP) is 2.78. The molecule has 0 bridgehead atoms. The Morgan fingerprint density at radius 1 is 1.33 bits per heavy atom. The van der Waals surface area contributed by atoms with Crippen LogP contribution in [0.3, 0.4) is 0 Å². The quantitative estimate of drug-likeness (QED) is 0.750. The molecule has 1 rings (SSSR count). The molecule has 0 amide bonds. The first-order chi connectivity index (χ1) is 5.33. The van der Waals surface area contributed by atoms with Crippen molar-refractivity contribution in [1.82, 2.24) is 4.84 Å². The summed E-state index contributed by atoms with van der Waals surface area (Å²) in [6.07, 6.45) is 0.977. The normalized spacial score (nSPS) is 11.8. The number of nitrogens with one attached hydrogen (secondary N) is 1. The molecule has 0 aliphatic rings. The van der Waals surface area contributed by atoms with Crippen molar-refractivity contribution < 1.29 is 0 Å². The number of benzene rings is 1. The SMILES string of the molecule is CC(Cc1ccccc1)NCl.Cl. The van der Waals surface area contributed by atoms with E-state index in [1.807, 2.05) is 18.2 Å². The second-order valence-corrected chi connectivity index (χ2v) is 2.92. The van der Waals surface area contributed by atoms with E-state index in [-0.39, 0.29) is 12.4 Å². The summed E-state index contributed by atoms with van der Waals surface area (Å²) in [4.78, 5) is 2.69. The lowest BCUT2D eigenvalue weighted by molar-refractivity contribution is 0.682. The van der Waals surface area contributed by atoms with E-state index in [1.54, 1.807) is 0 Å². The summed E-state index contributed by atoms with van der Waals surface area (Å²) in [7, 11) is 0. The molecular weight excluding hydrogens is 193 g/mol. The van der Waals surface area contributed by atoms with Crippen LogP contribution in [-0.4, -0.2) is 6.04 Å². The van der Waals surface area contributed by atoms with Gasteiger partial charge in [0.25, 0.3) is 0 Å². The maximum absolute atomic E-state index is 5.45. The van der Waals surface area contributed by atoms with E-state index in [0.717, 1.165) is 6.42 Å². The molecule has 1 nitrogen and oxygen atoms in total. The highest BCUT2D eigenvalue weighted by Gasteiger charge is 1.99. The molecule has 0 spiro atoms. The molecule has 1 aromatic carbocycles. The van der Waals surface area contributed by atoms with Crippen molar-refractivity contribution in [3.05, 3.63) is 35.9 Å². The fourth-order valence-electron chi connectivity index (χ4n) is 1.01. The zero-order valence-corrected chi connectivity index (χ0v) is 8.53. The Hall–Kier alpha value is -0.240. The van der Waals surface area contributed by atoms with Gasteiger partial charge in [0, 0.05) is 6.04 Å². The monoisotopic (exact) mass is 205 g/mol. The topological polar surface area (TPSA) is 12.0 Å². The van der Waals surface area contributed by atoms with E-state index in [0.29, 0.717) is 6.04 Å². The van der Waals surface area contributed by atoms with Crippen LogP contribution in [0.25, 0.3) is 0 Å². The lowest BCUT2D eigenvalue weighted by Gasteiger charge is -2.07. The van der Waals surface area contributed by atoms with Gasteiger partial charge in [0.1, 0.15) is 0 Å². The van der Waals surface area contributed by atoms with E-state index in [4.69, 9.17) is 11.8 Å². The Bertz CT molecular complexity index is 201. The van der Waals surface area contributed by atoms with Gasteiger partial charge in [0.2, 0.25) is 0 Å². The van der Waals surface area contributed by atoms with Crippen molar-refractivity contribution in [1.29, 1.82) is 0 Å². The van der Waals surface area contributed by atoms with Crippen LogP contribution in [0.5, 0.6) is 0 Å². The van der Waals surface area contributed by atoms with E-state index >= 15 is 0 Å². The van der Waals surface area contributed by atoms with Crippen molar-refractivity contribution in [3.63, 3.8) is 0 Å². The lowest BCUT2D eigenvalue weighted by Crippen LogP contribution is -2.18. The summed E-state index contributed by atoms with van der Waals surface area (Å²) in [5.41, 5.74) is 1.31. The number of hydrogen-bond donors (Lipinski definition) is 1. The Morgan fingerprint density at radius 2 is 1.92 bits per heavy atom. The van der Waals surface area contributed by atoms with Crippen molar-refractivity contribution in [2.24, 2.45) is 0 Å². The minimum Gasteiger partial charge on any atom is -0.230 e. The number of rotatable bonds is 3. The summed E-state index contributed by atoms with van der Waals surface area (Å²) >= 11 is 5.45. The zero-order chi connectivity index (χ0) is 8.10. The van der Waals surface area contributed by atoms with Gasteiger partial charge in [0.05, 0.1) is 0 Å². The van der Waals surface area contributed by atoms with Crippen molar-refractivity contribution >= 4 is 24.2 Å². The van der Waals surface area contributed by atoms with Crippen LogP contribution in [0.4, 0.5) is 0 Å². The highest BCUT2D eigenvalue weighted by Crippen LogP contribution is 2.02. The van der Waals surface area contributed by atoms with E-state index < -0.39 is 0 Å². The summed E-state index contributed by atoms with van der Waals surface area (Å²) in [5, 5.41) is 0. The largest absolute Gasteiger partial charge is 0.230 e. The minimum absolute atomic E-state index is 0. The molecule has 0 saturated carbocycles. The molecular formula is C9H13Cl2N. The van der Waals surface area contributed by atoms with Crippen LogP contribution in [0.15, 0.2) is 30.3 Å². The fourth-order valence-corrected chi connectivity index (χ4v) is 1.08. The fraction of sp³-hybridized carbons (Fsp3) is 0.333. The van der Waals surface area contributed by atoms with Gasteiger partial charge in [-0.3, -0.25) is 0 Å². The molecule has 0 fully saturated rings. The van der Waals surface area contributed by atoms with E-state index in [9.17, 15) is 0 Å². The summed E-state index contributed by atoms with van der Waals surface area (Å²) < 4.78 is 0. The Labute approximate surface area is 84.6 Å². The molecule has 1 aromatic rings. The van der Waals surface area contributed by atoms with Crippen molar-refractivity contribution in [3.8, 4) is 0 Å². The Kier molecular flexibility index (Phi) is 6.17. The summed E-state index contributed by atoms with van der Waals surface area (Å²) in [6.45, 7) is 2.06. The van der Waals surface area contributed by atoms with Gasteiger partial charge in [-0.25, -0.2) is 4.84 Å². The molecule has 0 saturated heterocycles. The second-order valence-electron chi connectivity index (χ2n) is 2.70. The van der Waals surface area contributed by atoms with Gasteiger partial charge in [-0.1, -0.05) is 30.3 Å². The third-order valence-electron chi connectivity index (χ3n) is 1.57. The average molecular weight is 206 g/mol. The van der Waals surface area contributed by atoms with E-state index in [1.165, 1.54) is 5.56 Å². The molecule has 0 aliphatic heterocycles. The van der Waals surface area contributed by atoms with Crippen LogP contribution in [0.2, 0.25) is 0 Å². The van der Waals surface area contributed by atoms with E-state index in [2.05, 4.69) is 23.9 Å². The maximum Gasteiger partial charge on any atom is 0.0233 e. The van der Waals surface area contributed by atoms with Crippen molar-refractivity contribution in [2.45, 2.75) is 19.4 Å². The number of hydrogen-bond acceptors (Lipinski definition) is 1. The Balaban J connectivity index is 0.00000121. The molecule has 1 atom stereocenters. The van der Waals surface area contributed by atoms with Gasteiger partial charge in [-0.15, -0.1) is 12.4 Å². The third-order valence-corrected chi connectivity index (χ3v) is 1.94.